The maximum Gasteiger partial charge on any atom is 0.371 e. The minimum absolute atomic E-state index is 0.0271. The molecular formula is C14H13NO5. The van der Waals surface area contributed by atoms with Crippen molar-refractivity contribution >= 4 is 17.6 Å². The second kappa shape index (κ2) is 5.48. The van der Waals surface area contributed by atoms with E-state index in [-0.39, 0.29) is 11.5 Å². The highest BCUT2D eigenvalue weighted by atomic mass is 16.5. The van der Waals surface area contributed by atoms with Gasteiger partial charge in [-0.25, -0.2) is 4.79 Å². The van der Waals surface area contributed by atoms with Gasteiger partial charge in [0.25, 0.3) is 5.91 Å². The topological polar surface area (TPSA) is 80.0 Å². The smallest absolute Gasteiger partial charge is 0.371 e. The third-order valence-corrected chi connectivity index (χ3v) is 2.79. The first-order valence-electron chi connectivity index (χ1n) is 5.78. The summed E-state index contributed by atoms with van der Waals surface area (Å²) >= 11 is 0. The van der Waals surface area contributed by atoms with Crippen molar-refractivity contribution in [1.29, 1.82) is 0 Å². The van der Waals surface area contributed by atoms with E-state index in [1.54, 1.807) is 38.4 Å². The Labute approximate surface area is 115 Å². The molecule has 1 aromatic carbocycles. The number of rotatable bonds is 4. The van der Waals surface area contributed by atoms with Gasteiger partial charge >= 0.3 is 5.97 Å². The van der Waals surface area contributed by atoms with Crippen LogP contribution in [0.2, 0.25) is 0 Å². The number of hydrogen-bond donors (Lipinski definition) is 1. The van der Waals surface area contributed by atoms with Gasteiger partial charge < -0.3 is 19.2 Å². The van der Waals surface area contributed by atoms with Crippen molar-refractivity contribution in [1.82, 2.24) is 0 Å². The molecule has 1 amide bonds. The van der Waals surface area contributed by atoms with Crippen LogP contribution in [0.5, 0.6) is 5.75 Å². The summed E-state index contributed by atoms with van der Waals surface area (Å²) in [4.78, 5) is 24.2. The van der Waals surface area contributed by atoms with Crippen molar-refractivity contribution in [3.8, 4) is 5.75 Å². The molecule has 0 aliphatic carbocycles. The van der Waals surface area contributed by atoms with Gasteiger partial charge in [0.2, 0.25) is 5.76 Å². The summed E-state index contributed by atoms with van der Waals surface area (Å²) in [6.07, 6.45) is 0. The van der Waals surface area contributed by atoms with Crippen LogP contribution in [0.25, 0.3) is 0 Å². The van der Waals surface area contributed by atoms with Gasteiger partial charge in [0, 0.05) is 12.7 Å². The van der Waals surface area contributed by atoms with Gasteiger partial charge in [-0.05, 0) is 36.4 Å². The van der Waals surface area contributed by atoms with Crippen LogP contribution < -0.4 is 9.64 Å². The van der Waals surface area contributed by atoms with E-state index >= 15 is 0 Å². The maximum absolute atomic E-state index is 12.1. The molecule has 0 fully saturated rings. The van der Waals surface area contributed by atoms with E-state index in [2.05, 4.69) is 0 Å². The van der Waals surface area contributed by atoms with Crippen LogP contribution in [0.15, 0.2) is 40.8 Å². The molecule has 0 saturated carbocycles. The second-order valence-corrected chi connectivity index (χ2v) is 4.03. The lowest BCUT2D eigenvalue weighted by atomic mass is 10.2. The van der Waals surface area contributed by atoms with Crippen molar-refractivity contribution in [3.63, 3.8) is 0 Å². The molecular weight excluding hydrogens is 262 g/mol. The van der Waals surface area contributed by atoms with Gasteiger partial charge in [0.1, 0.15) is 5.75 Å². The monoisotopic (exact) mass is 275 g/mol. The Hall–Kier alpha value is -2.76. The number of nitrogens with zero attached hydrogens (tertiary/aromatic N) is 1. The highest BCUT2D eigenvalue weighted by Crippen LogP contribution is 2.20. The van der Waals surface area contributed by atoms with E-state index in [1.165, 1.54) is 17.0 Å². The minimum atomic E-state index is -1.21. The number of carboxylic acids is 1. The first-order chi connectivity index (χ1) is 9.52. The Bertz CT molecular complexity index is 629. The number of methoxy groups -OCH3 is 1. The number of amides is 1. The molecule has 0 saturated heterocycles. The summed E-state index contributed by atoms with van der Waals surface area (Å²) < 4.78 is 10.0. The molecule has 2 rings (SSSR count). The molecule has 1 aromatic heterocycles. The lowest BCUT2D eigenvalue weighted by molar-refractivity contribution is 0.0660. The molecule has 0 atom stereocenters. The average Bonchev–Trinajstić information content (AvgIpc) is 2.96. The SMILES string of the molecule is COc1ccc(N(C)C(=O)c2ccc(C(=O)O)o2)cc1. The van der Waals surface area contributed by atoms with Crippen LogP contribution in [0.4, 0.5) is 5.69 Å². The van der Waals surface area contributed by atoms with Crippen molar-refractivity contribution in [3.05, 3.63) is 47.9 Å². The fraction of sp³-hybridized carbons (Fsp3) is 0.143. The Balaban J connectivity index is 2.20. The van der Waals surface area contributed by atoms with Crippen LogP contribution in [-0.4, -0.2) is 31.1 Å². The zero-order chi connectivity index (χ0) is 14.7. The molecule has 2 aromatic rings. The van der Waals surface area contributed by atoms with Crippen molar-refractivity contribution < 1.29 is 23.8 Å². The van der Waals surface area contributed by atoms with E-state index in [4.69, 9.17) is 14.3 Å². The van der Waals surface area contributed by atoms with Crippen molar-refractivity contribution in [2.75, 3.05) is 19.1 Å². The molecule has 1 heterocycles. The molecule has 0 bridgehead atoms. The largest absolute Gasteiger partial charge is 0.497 e. The molecule has 6 nitrogen and oxygen atoms in total. The Morgan fingerprint density at radius 2 is 1.70 bits per heavy atom. The van der Waals surface area contributed by atoms with Gasteiger partial charge in [-0.15, -0.1) is 0 Å². The molecule has 0 aliphatic rings. The summed E-state index contributed by atoms with van der Waals surface area (Å²) in [6, 6.07) is 9.48. The standard InChI is InChI=1S/C14H13NO5/c1-15(9-3-5-10(19-2)6-4-9)13(16)11-7-8-12(20-11)14(17)18/h3-8H,1-2H3,(H,17,18). The number of aromatic carboxylic acids is 1. The highest BCUT2D eigenvalue weighted by molar-refractivity contribution is 6.04. The molecule has 104 valence electrons. The normalized spacial score (nSPS) is 10.1. The molecule has 0 spiro atoms. The number of carbonyl (C=O) groups is 2. The zero-order valence-corrected chi connectivity index (χ0v) is 11.0. The third-order valence-electron chi connectivity index (χ3n) is 2.79. The summed E-state index contributed by atoms with van der Waals surface area (Å²) in [6.45, 7) is 0. The number of anilines is 1. The Kier molecular flexibility index (Phi) is 3.74. The molecule has 6 heteroatoms. The van der Waals surface area contributed by atoms with Gasteiger partial charge in [0.05, 0.1) is 7.11 Å². The number of benzene rings is 1. The number of ether oxygens (including phenoxy) is 1. The predicted molar refractivity (Wildman–Crippen MR) is 71.4 cm³/mol. The Morgan fingerprint density at radius 1 is 1.10 bits per heavy atom. The van der Waals surface area contributed by atoms with E-state index in [0.29, 0.717) is 11.4 Å². The lowest BCUT2D eigenvalue weighted by Crippen LogP contribution is -2.25. The number of carboxylic acid groups (broad SMARTS) is 1. The highest BCUT2D eigenvalue weighted by Gasteiger charge is 2.19. The quantitative estimate of drug-likeness (QED) is 0.925. The van der Waals surface area contributed by atoms with Crippen LogP contribution in [0.1, 0.15) is 21.1 Å². The summed E-state index contributed by atoms with van der Waals surface area (Å²) in [7, 11) is 3.13. The molecule has 20 heavy (non-hydrogen) atoms. The summed E-state index contributed by atoms with van der Waals surface area (Å²) in [5.41, 5.74) is 0.643. The number of hydrogen-bond acceptors (Lipinski definition) is 4. The third kappa shape index (κ3) is 2.64. The van der Waals surface area contributed by atoms with Crippen LogP contribution in [-0.2, 0) is 0 Å². The Morgan fingerprint density at radius 3 is 2.20 bits per heavy atom. The zero-order valence-electron chi connectivity index (χ0n) is 11.0. The second-order valence-electron chi connectivity index (χ2n) is 4.03. The first-order valence-corrected chi connectivity index (χ1v) is 5.78. The fourth-order valence-electron chi connectivity index (χ4n) is 1.66. The van der Waals surface area contributed by atoms with Gasteiger partial charge in [0.15, 0.2) is 5.76 Å². The molecule has 0 radical (unpaired) electrons. The molecule has 0 aliphatic heterocycles. The molecule has 0 unspecified atom stereocenters. The van der Waals surface area contributed by atoms with Crippen molar-refractivity contribution in [2.24, 2.45) is 0 Å². The van der Waals surface area contributed by atoms with Gasteiger partial charge in [-0.2, -0.15) is 0 Å². The van der Waals surface area contributed by atoms with Crippen LogP contribution in [0, 0.1) is 0 Å². The van der Waals surface area contributed by atoms with E-state index in [1.807, 2.05) is 0 Å². The van der Waals surface area contributed by atoms with Crippen LogP contribution >= 0.6 is 0 Å². The predicted octanol–water partition coefficient (Wildman–Crippen LogP) is 2.26. The number of furan rings is 1. The van der Waals surface area contributed by atoms with Gasteiger partial charge in [-0.3, -0.25) is 4.79 Å². The number of carbonyl (C=O) groups excluding carboxylic acids is 1. The lowest BCUT2D eigenvalue weighted by Gasteiger charge is -2.16. The fourth-order valence-corrected chi connectivity index (χ4v) is 1.66. The van der Waals surface area contributed by atoms with Gasteiger partial charge in [-0.1, -0.05) is 0 Å². The summed E-state index contributed by atoms with van der Waals surface area (Å²) in [5, 5.41) is 8.76. The van der Waals surface area contributed by atoms with E-state index in [0.717, 1.165) is 0 Å². The summed E-state index contributed by atoms with van der Waals surface area (Å²) in [5.74, 6) is -1.25. The first kappa shape index (κ1) is 13.7. The minimum Gasteiger partial charge on any atom is -0.497 e. The van der Waals surface area contributed by atoms with E-state index < -0.39 is 11.9 Å². The average molecular weight is 275 g/mol. The van der Waals surface area contributed by atoms with E-state index in [9.17, 15) is 9.59 Å². The van der Waals surface area contributed by atoms with Crippen molar-refractivity contribution in [2.45, 2.75) is 0 Å². The maximum atomic E-state index is 12.1. The molecule has 1 N–H and O–H groups in total. The van der Waals surface area contributed by atoms with Crippen LogP contribution in [0.3, 0.4) is 0 Å².